The molecule has 0 aliphatic heterocycles. The molecule has 3 heteroatoms. The maximum absolute atomic E-state index is 5.77. The fourth-order valence-corrected chi connectivity index (χ4v) is 2.36. The van der Waals surface area contributed by atoms with Gasteiger partial charge in [-0.1, -0.05) is 25.1 Å². The van der Waals surface area contributed by atoms with Crippen molar-refractivity contribution in [2.75, 3.05) is 11.9 Å². The van der Waals surface area contributed by atoms with E-state index in [-0.39, 0.29) is 0 Å². The maximum Gasteiger partial charge on any atom is 0.142 e. The number of fused-ring (bicyclic) bond motifs is 1. The zero-order chi connectivity index (χ0) is 14.5. The predicted octanol–water partition coefficient (Wildman–Crippen LogP) is 4.57. The fraction of sp³-hybridized carbons (Fsp3) is 0.222. The van der Waals surface area contributed by atoms with Gasteiger partial charge in [-0.3, -0.25) is 0 Å². The van der Waals surface area contributed by atoms with E-state index in [0.717, 1.165) is 31.0 Å². The molecule has 1 aromatic heterocycles. The van der Waals surface area contributed by atoms with Gasteiger partial charge in [-0.2, -0.15) is 0 Å². The van der Waals surface area contributed by atoms with Crippen LogP contribution < -0.4 is 10.1 Å². The first-order chi connectivity index (χ1) is 10.4. The van der Waals surface area contributed by atoms with Crippen molar-refractivity contribution in [3.8, 4) is 5.75 Å². The van der Waals surface area contributed by atoms with Crippen molar-refractivity contribution in [2.45, 2.75) is 19.9 Å². The second-order valence-corrected chi connectivity index (χ2v) is 5.10. The maximum atomic E-state index is 5.77. The molecule has 1 heterocycles. The van der Waals surface area contributed by atoms with Gasteiger partial charge >= 0.3 is 0 Å². The molecule has 3 aromatic rings. The van der Waals surface area contributed by atoms with Gasteiger partial charge in [0, 0.05) is 18.3 Å². The minimum Gasteiger partial charge on any atom is -0.491 e. The third-order valence-electron chi connectivity index (χ3n) is 3.45. The summed E-state index contributed by atoms with van der Waals surface area (Å²) in [6.07, 6.45) is 2.98. The van der Waals surface area contributed by atoms with Crippen LogP contribution in [0.2, 0.25) is 0 Å². The molecule has 3 nitrogen and oxygen atoms in total. The number of ether oxygens (including phenoxy) is 1. The third kappa shape index (κ3) is 3.19. The molecule has 0 spiro atoms. The Balaban J connectivity index is 1.71. The van der Waals surface area contributed by atoms with Gasteiger partial charge in [0.05, 0.1) is 12.3 Å². The lowest BCUT2D eigenvalue weighted by atomic mass is 10.1. The molecular weight excluding hydrogens is 260 g/mol. The van der Waals surface area contributed by atoms with Crippen molar-refractivity contribution in [1.82, 2.24) is 4.98 Å². The van der Waals surface area contributed by atoms with E-state index < -0.39 is 0 Å². The summed E-state index contributed by atoms with van der Waals surface area (Å²) in [5.41, 5.74) is 3.47. The van der Waals surface area contributed by atoms with E-state index in [4.69, 9.17) is 4.74 Å². The van der Waals surface area contributed by atoms with Crippen molar-refractivity contribution in [3.63, 3.8) is 0 Å². The number of nitrogens with one attached hydrogen (secondary N) is 2. The van der Waals surface area contributed by atoms with Gasteiger partial charge in [-0.25, -0.2) is 0 Å². The van der Waals surface area contributed by atoms with E-state index in [0.29, 0.717) is 0 Å². The summed E-state index contributed by atoms with van der Waals surface area (Å²) in [6, 6.07) is 16.6. The summed E-state index contributed by atoms with van der Waals surface area (Å²) >= 11 is 0. The summed E-state index contributed by atoms with van der Waals surface area (Å²) in [5, 5.41) is 4.70. The van der Waals surface area contributed by atoms with Crippen molar-refractivity contribution in [3.05, 3.63) is 60.3 Å². The average Bonchev–Trinajstić information content (AvgIpc) is 2.99. The van der Waals surface area contributed by atoms with Crippen molar-refractivity contribution < 1.29 is 4.74 Å². The Hall–Kier alpha value is -2.42. The monoisotopic (exact) mass is 280 g/mol. The van der Waals surface area contributed by atoms with Crippen LogP contribution in [0.25, 0.3) is 10.9 Å². The van der Waals surface area contributed by atoms with Gasteiger partial charge in [0.1, 0.15) is 5.75 Å². The highest BCUT2D eigenvalue weighted by Gasteiger charge is 2.03. The average molecular weight is 280 g/mol. The molecular formula is C18H20N2O. The van der Waals surface area contributed by atoms with Crippen LogP contribution >= 0.6 is 0 Å². The van der Waals surface area contributed by atoms with E-state index in [1.54, 1.807) is 0 Å². The van der Waals surface area contributed by atoms with E-state index in [1.807, 2.05) is 24.4 Å². The van der Waals surface area contributed by atoms with Gasteiger partial charge in [-0.15, -0.1) is 0 Å². The lowest BCUT2D eigenvalue weighted by molar-refractivity contribution is 0.319. The molecule has 0 bridgehead atoms. The Bertz CT molecular complexity index is 718. The topological polar surface area (TPSA) is 37.0 Å². The number of aromatic nitrogens is 1. The lowest BCUT2D eigenvalue weighted by Gasteiger charge is -2.13. The number of hydrogen-bond acceptors (Lipinski definition) is 2. The molecule has 0 radical (unpaired) electrons. The standard InChI is InChI=1S/C18H20N2O/c1-2-11-21-18-6-4-3-5-17(18)20-13-14-7-8-16-15(12-14)9-10-19-16/h3-10,12,19-20H,2,11,13H2,1H3. The highest BCUT2D eigenvalue weighted by atomic mass is 16.5. The first-order valence-electron chi connectivity index (χ1n) is 7.38. The highest BCUT2D eigenvalue weighted by Crippen LogP contribution is 2.25. The van der Waals surface area contributed by atoms with E-state index >= 15 is 0 Å². The molecule has 0 unspecified atom stereocenters. The molecule has 0 fully saturated rings. The normalized spacial score (nSPS) is 10.7. The summed E-state index contributed by atoms with van der Waals surface area (Å²) < 4.78 is 5.77. The highest BCUT2D eigenvalue weighted by molar-refractivity contribution is 5.80. The second kappa shape index (κ2) is 6.35. The van der Waals surface area contributed by atoms with Crippen LogP contribution in [0.3, 0.4) is 0 Å². The van der Waals surface area contributed by atoms with Crippen LogP contribution in [0.5, 0.6) is 5.75 Å². The molecule has 2 aromatic carbocycles. The predicted molar refractivity (Wildman–Crippen MR) is 87.9 cm³/mol. The molecule has 0 saturated carbocycles. The quantitative estimate of drug-likeness (QED) is 0.694. The number of rotatable bonds is 6. The van der Waals surface area contributed by atoms with Crippen LogP contribution in [-0.4, -0.2) is 11.6 Å². The largest absolute Gasteiger partial charge is 0.491 e. The Labute approximate surface area is 125 Å². The third-order valence-corrected chi connectivity index (χ3v) is 3.45. The molecule has 0 saturated heterocycles. The van der Waals surface area contributed by atoms with Gasteiger partial charge in [0.15, 0.2) is 0 Å². The minimum atomic E-state index is 0.744. The lowest BCUT2D eigenvalue weighted by Crippen LogP contribution is -2.03. The molecule has 0 aliphatic carbocycles. The van der Waals surface area contributed by atoms with E-state index in [2.05, 4.69) is 47.6 Å². The van der Waals surface area contributed by atoms with Crippen LogP contribution in [0.1, 0.15) is 18.9 Å². The van der Waals surface area contributed by atoms with Gasteiger partial charge in [-0.05, 0) is 47.7 Å². The number of anilines is 1. The molecule has 108 valence electrons. The first kappa shape index (κ1) is 13.6. The SMILES string of the molecule is CCCOc1ccccc1NCc1ccc2[nH]ccc2c1. The van der Waals surface area contributed by atoms with Crippen molar-refractivity contribution in [2.24, 2.45) is 0 Å². The Kier molecular flexibility index (Phi) is 4.10. The van der Waals surface area contributed by atoms with Crippen LogP contribution in [0.15, 0.2) is 54.7 Å². The smallest absolute Gasteiger partial charge is 0.142 e. The number of aromatic amines is 1. The van der Waals surface area contributed by atoms with E-state index in [1.165, 1.54) is 16.5 Å². The molecule has 2 N–H and O–H groups in total. The zero-order valence-electron chi connectivity index (χ0n) is 12.2. The number of benzene rings is 2. The second-order valence-electron chi connectivity index (χ2n) is 5.10. The molecule has 3 rings (SSSR count). The number of hydrogen-bond donors (Lipinski definition) is 2. The van der Waals surface area contributed by atoms with Gasteiger partial charge in [0.2, 0.25) is 0 Å². The van der Waals surface area contributed by atoms with Crippen molar-refractivity contribution in [1.29, 1.82) is 0 Å². The summed E-state index contributed by atoms with van der Waals surface area (Å²) in [4.78, 5) is 3.21. The molecule has 21 heavy (non-hydrogen) atoms. The number of H-pyrrole nitrogens is 1. The summed E-state index contributed by atoms with van der Waals surface area (Å²) in [7, 11) is 0. The number of para-hydroxylation sites is 2. The van der Waals surface area contributed by atoms with E-state index in [9.17, 15) is 0 Å². The van der Waals surface area contributed by atoms with Gasteiger partial charge < -0.3 is 15.0 Å². The summed E-state index contributed by atoms with van der Waals surface area (Å²) in [6.45, 7) is 3.64. The van der Waals surface area contributed by atoms with Gasteiger partial charge in [0.25, 0.3) is 0 Å². The zero-order valence-corrected chi connectivity index (χ0v) is 12.2. The van der Waals surface area contributed by atoms with Crippen LogP contribution in [0, 0.1) is 0 Å². The molecule has 0 atom stereocenters. The first-order valence-corrected chi connectivity index (χ1v) is 7.38. The summed E-state index contributed by atoms with van der Waals surface area (Å²) in [5.74, 6) is 0.919. The van der Waals surface area contributed by atoms with Crippen LogP contribution in [-0.2, 0) is 6.54 Å². The van der Waals surface area contributed by atoms with Crippen LogP contribution in [0.4, 0.5) is 5.69 Å². The van der Waals surface area contributed by atoms with Crippen molar-refractivity contribution >= 4 is 16.6 Å². The fourth-order valence-electron chi connectivity index (χ4n) is 2.36. The Morgan fingerprint density at radius 2 is 2.00 bits per heavy atom. The molecule has 0 aliphatic rings. The Morgan fingerprint density at radius 1 is 1.10 bits per heavy atom. The minimum absolute atomic E-state index is 0.744. The molecule has 0 amide bonds. The Morgan fingerprint density at radius 3 is 2.90 bits per heavy atom.